The van der Waals surface area contributed by atoms with Crippen LogP contribution < -0.4 is 4.72 Å². The van der Waals surface area contributed by atoms with Crippen molar-refractivity contribution >= 4 is 10.0 Å². The monoisotopic (exact) mass is 402 g/mol. The molecule has 0 unspecified atom stereocenters. The molecule has 8 nitrogen and oxygen atoms in total. The summed E-state index contributed by atoms with van der Waals surface area (Å²) in [5.74, 6) is 1.42. The fraction of sp³-hybridized carbons (Fsp3) is 0.421. The number of fused-ring (bicyclic) bond motifs is 1. The average Bonchev–Trinajstić information content (AvgIpc) is 3.36. The lowest BCUT2D eigenvalue weighted by molar-refractivity contribution is 0.397. The Kier molecular flexibility index (Phi) is 4.80. The quantitative estimate of drug-likeness (QED) is 0.675. The molecule has 0 amide bonds. The van der Waals surface area contributed by atoms with Crippen LogP contribution in [0, 0.1) is 20.8 Å². The molecule has 0 spiro atoms. The van der Waals surface area contributed by atoms with Crippen molar-refractivity contribution in [1.82, 2.24) is 19.8 Å². The van der Waals surface area contributed by atoms with Crippen molar-refractivity contribution in [2.24, 2.45) is 0 Å². The van der Waals surface area contributed by atoms with Crippen LogP contribution >= 0.6 is 0 Å². The Morgan fingerprint density at radius 3 is 2.68 bits per heavy atom. The summed E-state index contributed by atoms with van der Waals surface area (Å²) in [5, 5.41) is 3.70. The highest BCUT2D eigenvalue weighted by Crippen LogP contribution is 2.28. The van der Waals surface area contributed by atoms with Crippen molar-refractivity contribution in [3.63, 3.8) is 0 Å². The topological polar surface area (TPSA) is 111 Å². The summed E-state index contributed by atoms with van der Waals surface area (Å²) >= 11 is 0. The van der Waals surface area contributed by atoms with Gasteiger partial charge < -0.3 is 8.94 Å². The number of sulfonamides is 1. The molecule has 0 bridgehead atoms. The Morgan fingerprint density at radius 1 is 1.11 bits per heavy atom. The minimum atomic E-state index is -3.78. The molecule has 3 aromatic heterocycles. The number of furan rings is 1. The Morgan fingerprint density at radius 2 is 1.93 bits per heavy atom. The van der Waals surface area contributed by atoms with Gasteiger partial charge in [-0.25, -0.2) is 23.1 Å². The number of aromatic nitrogens is 3. The van der Waals surface area contributed by atoms with E-state index in [4.69, 9.17) is 8.94 Å². The number of aryl methyl sites for hydroxylation is 3. The normalized spacial score (nSPS) is 13.8. The standard InChI is InChI=1S/C19H22N4O4S/c1-11-12(2)23-27-19(11)16-7-8-18(26-16)28(24,25)20-10-9-17-21-13(3)14-5-4-6-15(14)22-17/h7-8,20H,4-6,9-10H2,1-3H3. The van der Waals surface area contributed by atoms with Gasteiger partial charge in [-0.1, -0.05) is 5.16 Å². The van der Waals surface area contributed by atoms with Crippen LogP contribution in [0.1, 0.15) is 40.5 Å². The van der Waals surface area contributed by atoms with E-state index in [9.17, 15) is 8.42 Å². The maximum absolute atomic E-state index is 12.5. The highest BCUT2D eigenvalue weighted by molar-refractivity contribution is 7.89. The predicted molar refractivity (Wildman–Crippen MR) is 101 cm³/mol. The van der Waals surface area contributed by atoms with E-state index in [-0.39, 0.29) is 11.6 Å². The van der Waals surface area contributed by atoms with Gasteiger partial charge >= 0.3 is 0 Å². The summed E-state index contributed by atoms with van der Waals surface area (Å²) in [7, 11) is -3.78. The molecule has 0 aromatic carbocycles. The first-order chi connectivity index (χ1) is 13.3. The molecule has 0 radical (unpaired) electrons. The van der Waals surface area contributed by atoms with Gasteiger partial charge in [-0.2, -0.15) is 0 Å². The molecule has 0 aliphatic heterocycles. The molecule has 4 rings (SSSR count). The van der Waals surface area contributed by atoms with Crippen LogP contribution in [0.3, 0.4) is 0 Å². The maximum Gasteiger partial charge on any atom is 0.273 e. The summed E-state index contributed by atoms with van der Waals surface area (Å²) in [6.45, 7) is 5.83. The second-order valence-corrected chi connectivity index (χ2v) is 8.69. The van der Waals surface area contributed by atoms with Crippen molar-refractivity contribution in [2.75, 3.05) is 6.54 Å². The molecule has 0 saturated heterocycles. The van der Waals surface area contributed by atoms with Crippen LogP contribution in [0.2, 0.25) is 0 Å². The fourth-order valence-corrected chi connectivity index (χ4v) is 4.35. The Balaban J connectivity index is 1.44. The molecular formula is C19H22N4O4S. The lowest BCUT2D eigenvalue weighted by Crippen LogP contribution is -2.26. The molecule has 0 saturated carbocycles. The minimum Gasteiger partial charge on any atom is -0.440 e. The maximum atomic E-state index is 12.5. The molecule has 1 N–H and O–H groups in total. The number of hydrogen-bond acceptors (Lipinski definition) is 7. The first kappa shape index (κ1) is 18.8. The van der Waals surface area contributed by atoms with Gasteiger partial charge in [0, 0.05) is 29.9 Å². The Bertz CT molecular complexity index is 1130. The first-order valence-corrected chi connectivity index (χ1v) is 10.7. The molecule has 3 aromatic rings. The van der Waals surface area contributed by atoms with Crippen LogP contribution in [-0.4, -0.2) is 30.1 Å². The molecule has 0 fully saturated rings. The predicted octanol–water partition coefficient (Wildman–Crippen LogP) is 2.66. The van der Waals surface area contributed by atoms with Crippen molar-refractivity contribution in [2.45, 2.75) is 51.5 Å². The Labute approximate surface area is 163 Å². The van der Waals surface area contributed by atoms with Crippen molar-refractivity contribution in [3.05, 3.63) is 46.2 Å². The van der Waals surface area contributed by atoms with Gasteiger partial charge in [0.15, 0.2) is 5.76 Å². The van der Waals surface area contributed by atoms with E-state index in [1.807, 2.05) is 20.8 Å². The third-order valence-corrected chi connectivity index (χ3v) is 6.39. The van der Waals surface area contributed by atoms with Crippen LogP contribution in [0.5, 0.6) is 0 Å². The summed E-state index contributed by atoms with van der Waals surface area (Å²) in [6, 6.07) is 2.97. The number of nitrogens with zero attached hydrogens (tertiary/aromatic N) is 3. The molecule has 148 valence electrons. The second kappa shape index (κ2) is 7.14. The zero-order valence-corrected chi connectivity index (χ0v) is 16.9. The van der Waals surface area contributed by atoms with Crippen LogP contribution in [0.25, 0.3) is 11.5 Å². The first-order valence-electron chi connectivity index (χ1n) is 9.23. The molecule has 28 heavy (non-hydrogen) atoms. The molecule has 3 heterocycles. The van der Waals surface area contributed by atoms with E-state index < -0.39 is 10.0 Å². The van der Waals surface area contributed by atoms with Crippen molar-refractivity contribution in [1.29, 1.82) is 0 Å². The van der Waals surface area contributed by atoms with Gasteiger partial charge in [0.1, 0.15) is 5.82 Å². The highest BCUT2D eigenvalue weighted by Gasteiger charge is 2.22. The smallest absolute Gasteiger partial charge is 0.273 e. The van der Waals surface area contributed by atoms with Gasteiger partial charge in [0.05, 0.1) is 5.69 Å². The zero-order valence-electron chi connectivity index (χ0n) is 16.1. The van der Waals surface area contributed by atoms with Gasteiger partial charge in [0.2, 0.25) is 10.9 Å². The SMILES string of the molecule is Cc1noc(-c2ccc(S(=O)(=O)NCCc3nc(C)c4c(n3)CCC4)o2)c1C. The summed E-state index contributed by atoms with van der Waals surface area (Å²) in [6.07, 6.45) is 3.51. The fourth-order valence-electron chi connectivity index (χ4n) is 3.39. The second-order valence-electron chi connectivity index (χ2n) is 6.99. The van der Waals surface area contributed by atoms with Gasteiger partial charge in [-0.15, -0.1) is 0 Å². The zero-order chi connectivity index (χ0) is 19.9. The lowest BCUT2D eigenvalue weighted by atomic mass is 10.2. The van der Waals surface area contributed by atoms with Gasteiger partial charge in [0.25, 0.3) is 10.0 Å². The van der Waals surface area contributed by atoms with Crippen LogP contribution in [0.4, 0.5) is 0 Å². The van der Waals surface area contributed by atoms with Gasteiger partial charge in [-0.3, -0.25) is 0 Å². The third-order valence-electron chi connectivity index (χ3n) is 5.05. The number of nitrogens with one attached hydrogen (secondary N) is 1. The molecule has 0 atom stereocenters. The average molecular weight is 402 g/mol. The van der Waals surface area contributed by atoms with Gasteiger partial charge in [-0.05, 0) is 57.7 Å². The van der Waals surface area contributed by atoms with Crippen molar-refractivity contribution < 1.29 is 17.4 Å². The number of hydrogen-bond donors (Lipinski definition) is 1. The largest absolute Gasteiger partial charge is 0.440 e. The molecule has 9 heteroatoms. The molecule has 1 aliphatic rings. The molecule has 1 aliphatic carbocycles. The van der Waals surface area contributed by atoms with E-state index in [0.29, 0.717) is 23.8 Å². The summed E-state index contributed by atoms with van der Waals surface area (Å²) in [4.78, 5) is 9.08. The van der Waals surface area contributed by atoms with E-state index in [0.717, 1.165) is 41.9 Å². The van der Waals surface area contributed by atoms with E-state index in [2.05, 4.69) is 19.8 Å². The Hall–Kier alpha value is -2.52. The van der Waals surface area contributed by atoms with Crippen LogP contribution in [-0.2, 0) is 29.3 Å². The minimum absolute atomic E-state index is 0.165. The van der Waals surface area contributed by atoms with Crippen molar-refractivity contribution in [3.8, 4) is 11.5 Å². The number of rotatable bonds is 6. The summed E-state index contributed by atoms with van der Waals surface area (Å²) < 4.78 is 38.3. The van der Waals surface area contributed by atoms with Crippen LogP contribution in [0.15, 0.2) is 26.2 Å². The molecular weight excluding hydrogens is 380 g/mol. The highest BCUT2D eigenvalue weighted by atomic mass is 32.2. The van der Waals surface area contributed by atoms with E-state index in [1.54, 1.807) is 6.07 Å². The third kappa shape index (κ3) is 3.47. The van der Waals surface area contributed by atoms with E-state index >= 15 is 0 Å². The summed E-state index contributed by atoms with van der Waals surface area (Å²) in [5.41, 5.74) is 4.88. The lowest BCUT2D eigenvalue weighted by Gasteiger charge is -2.07. The van der Waals surface area contributed by atoms with E-state index in [1.165, 1.54) is 11.6 Å².